The van der Waals surface area contributed by atoms with Crippen LogP contribution in [0.1, 0.15) is 35.7 Å². The number of fused-ring (bicyclic) bond motifs is 1. The Hall–Kier alpha value is -3.46. The number of nitrogens with zero attached hydrogens (tertiary/aromatic N) is 1. The second-order valence-electron chi connectivity index (χ2n) is 7.50. The summed E-state index contributed by atoms with van der Waals surface area (Å²) in [5, 5.41) is 5.31. The highest BCUT2D eigenvalue weighted by molar-refractivity contribution is 6.06. The molecule has 1 atom stereocenters. The van der Waals surface area contributed by atoms with Crippen LogP contribution >= 0.6 is 0 Å². The van der Waals surface area contributed by atoms with E-state index in [1.165, 1.54) is 11.0 Å². The van der Waals surface area contributed by atoms with Crippen LogP contribution in [0, 0.1) is 5.82 Å². The lowest BCUT2D eigenvalue weighted by Crippen LogP contribution is -2.52. The monoisotopic (exact) mass is 442 g/mol. The van der Waals surface area contributed by atoms with E-state index in [4.69, 9.17) is 10.8 Å². The van der Waals surface area contributed by atoms with Crippen molar-refractivity contribution in [3.8, 4) is 5.75 Å². The first kappa shape index (κ1) is 20.4. The van der Waals surface area contributed by atoms with Crippen molar-refractivity contribution >= 4 is 23.4 Å². The van der Waals surface area contributed by atoms with Crippen LogP contribution in [0.3, 0.4) is 0 Å². The van der Waals surface area contributed by atoms with Crippen molar-refractivity contribution in [3.63, 3.8) is 0 Å². The van der Waals surface area contributed by atoms with Crippen LogP contribution in [-0.2, 0) is 27.4 Å². The van der Waals surface area contributed by atoms with E-state index in [0.29, 0.717) is 41.3 Å². The van der Waals surface area contributed by atoms with Gasteiger partial charge in [0.2, 0.25) is 11.8 Å². The van der Waals surface area contributed by atoms with Crippen LogP contribution in [-0.4, -0.2) is 49.0 Å². The highest BCUT2D eigenvalue weighted by atomic mass is 19.1. The van der Waals surface area contributed by atoms with Gasteiger partial charge in [0.1, 0.15) is 24.2 Å². The Bertz CT molecular complexity index is 1110. The normalized spacial score (nSPS) is 20.6. The van der Waals surface area contributed by atoms with E-state index >= 15 is 0 Å². The molecule has 0 saturated carbocycles. The Balaban J connectivity index is 1.51. The first-order chi connectivity index (χ1) is 15.8. The second kappa shape index (κ2) is 9.35. The van der Waals surface area contributed by atoms with Gasteiger partial charge in [0.05, 0.1) is 7.98 Å². The molecule has 2 aliphatic rings. The summed E-state index contributed by atoms with van der Waals surface area (Å²) in [4.78, 5) is 38.1. The number of methoxy groups -OCH3 is 1. The maximum Gasteiger partial charge on any atom is 0.255 e. The zero-order valence-corrected chi connectivity index (χ0v) is 17.6. The Kier molecular flexibility index (Phi) is 5.98. The maximum atomic E-state index is 14.3. The third-order valence-corrected chi connectivity index (χ3v) is 5.44. The van der Waals surface area contributed by atoms with E-state index in [9.17, 15) is 18.8 Å². The molecule has 2 N–H and O–H groups in total. The largest absolute Gasteiger partial charge is 0.491 e. The number of halogens is 1. The van der Waals surface area contributed by atoms with Crippen molar-refractivity contribution in [1.82, 2.24) is 10.2 Å². The van der Waals surface area contributed by atoms with E-state index < -0.39 is 29.6 Å². The molecule has 0 aliphatic carbocycles. The van der Waals surface area contributed by atoms with Crippen LogP contribution in [0.15, 0.2) is 36.4 Å². The van der Waals surface area contributed by atoms with Crippen molar-refractivity contribution in [1.29, 1.82) is 0 Å². The molecule has 0 aromatic heterocycles. The summed E-state index contributed by atoms with van der Waals surface area (Å²) in [6.07, 6.45) is -0.0796. The van der Waals surface area contributed by atoms with Crippen molar-refractivity contribution in [2.75, 3.05) is 25.6 Å². The average Bonchev–Trinajstić information content (AvgIpc) is 3.15. The van der Waals surface area contributed by atoms with Crippen molar-refractivity contribution < 1.29 is 29.6 Å². The molecule has 2 aromatic carbocycles. The lowest BCUT2D eigenvalue weighted by molar-refractivity contribution is -0.136. The van der Waals surface area contributed by atoms with Gasteiger partial charge in [0.15, 0.2) is 0 Å². The molecular formula is C23H24FN3O5. The number of hydrogen-bond acceptors (Lipinski definition) is 6. The molecule has 9 heteroatoms. The van der Waals surface area contributed by atoms with Crippen LogP contribution in [0.2, 0.25) is 0 Å². The minimum atomic E-state index is -1.86. The predicted octanol–water partition coefficient (Wildman–Crippen LogP) is 2.22. The molecule has 1 unspecified atom stereocenters. The number of benzene rings is 2. The van der Waals surface area contributed by atoms with Gasteiger partial charge in [-0.05, 0) is 36.8 Å². The van der Waals surface area contributed by atoms with E-state index in [-0.39, 0.29) is 25.9 Å². The summed E-state index contributed by atoms with van der Waals surface area (Å²) in [5.74, 6) is -1.60. The Morgan fingerprint density at radius 1 is 1.25 bits per heavy atom. The number of hydrogen-bond donors (Lipinski definition) is 2. The summed E-state index contributed by atoms with van der Waals surface area (Å²) in [6.45, 7) is 0.923. The van der Waals surface area contributed by atoms with Crippen molar-refractivity contribution in [3.05, 3.63) is 58.9 Å². The first-order valence-corrected chi connectivity index (χ1v) is 10.3. The minimum absolute atomic E-state index is 0.0114. The third kappa shape index (κ3) is 4.43. The molecule has 168 valence electrons. The molecule has 0 bridgehead atoms. The zero-order chi connectivity index (χ0) is 23.6. The van der Waals surface area contributed by atoms with Crippen LogP contribution < -0.4 is 15.4 Å². The summed E-state index contributed by atoms with van der Waals surface area (Å²) in [5.41, 5.74) is 1.97. The molecule has 4 rings (SSSR count). The summed E-state index contributed by atoms with van der Waals surface area (Å²) >= 11 is 0. The van der Waals surface area contributed by atoms with Crippen LogP contribution in [0.5, 0.6) is 5.75 Å². The zero-order valence-electron chi connectivity index (χ0n) is 18.6. The Morgan fingerprint density at radius 2 is 2.09 bits per heavy atom. The van der Waals surface area contributed by atoms with Gasteiger partial charge in [0, 0.05) is 49.0 Å². The third-order valence-electron chi connectivity index (χ3n) is 5.44. The summed E-state index contributed by atoms with van der Waals surface area (Å²) < 4.78 is 33.4. The van der Waals surface area contributed by atoms with Crippen LogP contribution in [0.4, 0.5) is 10.1 Å². The average molecular weight is 442 g/mol. The van der Waals surface area contributed by atoms with E-state index in [1.54, 1.807) is 37.4 Å². The lowest BCUT2D eigenvalue weighted by atomic mass is 10.0. The summed E-state index contributed by atoms with van der Waals surface area (Å²) in [7, 11) is 1.57. The lowest BCUT2D eigenvalue weighted by Gasteiger charge is -2.29. The molecule has 2 aliphatic heterocycles. The fraction of sp³-hybridized carbons (Fsp3) is 0.348. The van der Waals surface area contributed by atoms with E-state index in [2.05, 4.69) is 10.6 Å². The smallest absolute Gasteiger partial charge is 0.255 e. The fourth-order valence-corrected chi connectivity index (χ4v) is 3.79. The molecule has 1 saturated heterocycles. The number of imide groups is 1. The van der Waals surface area contributed by atoms with Gasteiger partial charge in [-0.25, -0.2) is 4.39 Å². The number of carbonyl (C=O) groups is 3. The number of ether oxygens (including phenoxy) is 2. The second-order valence-corrected chi connectivity index (χ2v) is 7.50. The van der Waals surface area contributed by atoms with Gasteiger partial charge < -0.3 is 19.7 Å². The number of nitrogens with one attached hydrogen (secondary N) is 2. The molecule has 0 spiro atoms. The van der Waals surface area contributed by atoms with E-state index in [0.717, 1.165) is 0 Å². The standard InChI is InChI=1S/C23H24FN3O5/c1-31-9-10-32-15-5-6-18(24)14(11-15)12-25-19-4-2-3-16-17(19)13-27(23(16)30)20-7-8-21(28)26-22(20)29/h2-6,11,20,25H,7-10,12-13H2,1H3,(H,26,28,29)/i20D. The fourth-order valence-electron chi connectivity index (χ4n) is 3.79. The SMILES string of the molecule is [2H]C1(N2Cc3c(NCc4cc(OCCOC)ccc4F)cccc3C2=O)CCC(=O)NC1=O. The molecular weight excluding hydrogens is 417 g/mol. The molecule has 2 heterocycles. The number of piperidine rings is 1. The molecule has 0 radical (unpaired) electrons. The number of amides is 3. The maximum absolute atomic E-state index is 14.3. The van der Waals surface area contributed by atoms with Gasteiger partial charge >= 0.3 is 0 Å². The topological polar surface area (TPSA) is 97.0 Å². The number of rotatable bonds is 8. The van der Waals surface area contributed by atoms with Crippen molar-refractivity contribution in [2.45, 2.75) is 31.9 Å². The predicted molar refractivity (Wildman–Crippen MR) is 114 cm³/mol. The quantitative estimate of drug-likeness (QED) is 0.481. The molecule has 3 amide bonds. The summed E-state index contributed by atoms with van der Waals surface area (Å²) in [6, 6.07) is 7.67. The first-order valence-electron chi connectivity index (χ1n) is 10.8. The Labute approximate surface area is 186 Å². The van der Waals surface area contributed by atoms with Crippen molar-refractivity contribution in [2.24, 2.45) is 0 Å². The number of carbonyl (C=O) groups excluding carboxylic acids is 3. The van der Waals surface area contributed by atoms with Gasteiger partial charge in [-0.2, -0.15) is 0 Å². The molecule has 1 fully saturated rings. The highest BCUT2D eigenvalue weighted by Gasteiger charge is 2.39. The van der Waals surface area contributed by atoms with Crippen LogP contribution in [0.25, 0.3) is 0 Å². The molecule has 2 aromatic rings. The number of anilines is 1. The molecule has 32 heavy (non-hydrogen) atoms. The van der Waals surface area contributed by atoms with Gasteiger partial charge in [0.25, 0.3) is 5.91 Å². The molecule has 8 nitrogen and oxygen atoms in total. The minimum Gasteiger partial charge on any atom is -0.491 e. The van der Waals surface area contributed by atoms with Gasteiger partial charge in [-0.3, -0.25) is 19.7 Å². The van der Waals surface area contributed by atoms with E-state index in [1.807, 2.05) is 0 Å². The highest BCUT2D eigenvalue weighted by Crippen LogP contribution is 2.32. The Morgan fingerprint density at radius 3 is 2.88 bits per heavy atom. The van der Waals surface area contributed by atoms with Gasteiger partial charge in [-0.15, -0.1) is 0 Å². The van der Waals surface area contributed by atoms with Gasteiger partial charge in [-0.1, -0.05) is 6.07 Å².